The first-order chi connectivity index (χ1) is 7.25. The predicted octanol–water partition coefficient (Wildman–Crippen LogP) is 2.06. The summed E-state index contributed by atoms with van der Waals surface area (Å²) < 4.78 is 1.20. The molecule has 0 aliphatic carbocycles. The van der Waals surface area contributed by atoms with E-state index in [-0.39, 0.29) is 5.91 Å². The van der Waals surface area contributed by atoms with E-state index >= 15 is 0 Å². The van der Waals surface area contributed by atoms with Gasteiger partial charge >= 0.3 is 0 Å². The number of halogens is 1. The summed E-state index contributed by atoms with van der Waals surface area (Å²) in [4.78, 5) is 14.8. The maximum atomic E-state index is 11.6. The molecule has 0 atom stereocenters. The van der Waals surface area contributed by atoms with Crippen LogP contribution < -0.4 is 5.32 Å². The molecule has 3 rings (SSSR count). The first kappa shape index (κ1) is 9.21. The molecule has 2 aromatic rings. The number of nitrogens with one attached hydrogen (secondary N) is 2. The van der Waals surface area contributed by atoms with Crippen LogP contribution in [0.15, 0.2) is 18.2 Å². The van der Waals surface area contributed by atoms with E-state index < -0.39 is 0 Å². The number of aromatic amines is 1. The minimum Gasteiger partial charge on any atom is -0.350 e. The van der Waals surface area contributed by atoms with E-state index in [4.69, 9.17) is 0 Å². The lowest BCUT2D eigenvalue weighted by Gasteiger charge is -2.11. The normalized spacial score (nSPS) is 15.1. The van der Waals surface area contributed by atoms with Crippen LogP contribution in [0.3, 0.4) is 0 Å². The van der Waals surface area contributed by atoms with Gasteiger partial charge in [-0.15, -0.1) is 0 Å². The zero-order valence-corrected chi connectivity index (χ0v) is 10.1. The maximum absolute atomic E-state index is 11.6. The summed E-state index contributed by atoms with van der Waals surface area (Å²) in [6, 6.07) is 6.20. The number of rotatable bonds is 0. The molecule has 0 bridgehead atoms. The summed E-state index contributed by atoms with van der Waals surface area (Å²) >= 11 is 2.29. The molecule has 0 saturated heterocycles. The van der Waals surface area contributed by atoms with Crippen molar-refractivity contribution in [2.24, 2.45) is 0 Å². The van der Waals surface area contributed by atoms with Gasteiger partial charge in [0.1, 0.15) is 5.69 Å². The Labute approximate surface area is 100 Å². The Bertz CT molecular complexity index is 559. The van der Waals surface area contributed by atoms with Gasteiger partial charge in [0.25, 0.3) is 5.91 Å². The molecule has 3 nitrogen and oxygen atoms in total. The average molecular weight is 312 g/mol. The molecule has 0 spiro atoms. The summed E-state index contributed by atoms with van der Waals surface area (Å²) in [5.74, 6) is 0.0162. The maximum Gasteiger partial charge on any atom is 0.268 e. The number of fused-ring (bicyclic) bond motifs is 3. The van der Waals surface area contributed by atoms with Gasteiger partial charge in [-0.3, -0.25) is 4.79 Å². The van der Waals surface area contributed by atoms with E-state index in [2.05, 4.69) is 39.0 Å². The Morgan fingerprint density at radius 3 is 3.07 bits per heavy atom. The molecule has 0 saturated carbocycles. The number of carbonyl (C=O) groups excluding carboxylic acids is 1. The van der Waals surface area contributed by atoms with Crippen LogP contribution >= 0.6 is 22.6 Å². The zero-order chi connectivity index (χ0) is 10.4. The second-order valence-corrected chi connectivity index (χ2v) is 4.92. The summed E-state index contributed by atoms with van der Waals surface area (Å²) in [5.41, 5.74) is 2.95. The average Bonchev–Trinajstić information content (AvgIpc) is 2.58. The Kier molecular flexibility index (Phi) is 1.98. The highest BCUT2D eigenvalue weighted by atomic mass is 127. The van der Waals surface area contributed by atoms with Gasteiger partial charge in [-0.1, -0.05) is 0 Å². The molecule has 15 heavy (non-hydrogen) atoms. The van der Waals surface area contributed by atoms with E-state index in [0.717, 1.165) is 29.7 Å². The molecule has 76 valence electrons. The lowest BCUT2D eigenvalue weighted by Crippen LogP contribution is -2.31. The molecule has 1 aromatic heterocycles. The number of benzene rings is 1. The SMILES string of the molecule is O=C1NCCc2c1[nH]c1ccc(I)cc21. The molecule has 1 aromatic carbocycles. The third kappa shape index (κ3) is 1.35. The van der Waals surface area contributed by atoms with Crippen molar-refractivity contribution in [3.8, 4) is 0 Å². The largest absolute Gasteiger partial charge is 0.350 e. The highest BCUT2D eigenvalue weighted by molar-refractivity contribution is 14.1. The zero-order valence-electron chi connectivity index (χ0n) is 7.93. The molecular formula is C11H9IN2O. The minimum atomic E-state index is 0.0162. The first-order valence-corrected chi connectivity index (χ1v) is 5.92. The molecule has 0 radical (unpaired) electrons. The Morgan fingerprint density at radius 1 is 1.33 bits per heavy atom. The van der Waals surface area contributed by atoms with Crippen molar-refractivity contribution in [1.29, 1.82) is 0 Å². The highest BCUT2D eigenvalue weighted by Gasteiger charge is 2.21. The van der Waals surface area contributed by atoms with E-state index in [9.17, 15) is 4.79 Å². The lowest BCUT2D eigenvalue weighted by atomic mass is 10.0. The fraction of sp³-hybridized carbons (Fsp3) is 0.182. The lowest BCUT2D eigenvalue weighted by molar-refractivity contribution is 0.0942. The molecule has 2 N–H and O–H groups in total. The molecular weight excluding hydrogens is 303 g/mol. The fourth-order valence-electron chi connectivity index (χ4n) is 2.06. The van der Waals surface area contributed by atoms with Crippen LogP contribution in [0.4, 0.5) is 0 Å². The van der Waals surface area contributed by atoms with E-state index in [0.29, 0.717) is 0 Å². The van der Waals surface area contributed by atoms with Gasteiger partial charge in [0.2, 0.25) is 0 Å². The van der Waals surface area contributed by atoms with Gasteiger partial charge in [0.15, 0.2) is 0 Å². The number of H-pyrrole nitrogens is 1. The van der Waals surface area contributed by atoms with Crippen LogP contribution in [-0.4, -0.2) is 17.4 Å². The molecule has 1 amide bonds. The van der Waals surface area contributed by atoms with E-state index in [1.165, 1.54) is 8.96 Å². The quantitative estimate of drug-likeness (QED) is 0.719. The van der Waals surface area contributed by atoms with Gasteiger partial charge in [0, 0.05) is 21.0 Å². The van der Waals surface area contributed by atoms with E-state index in [1.807, 2.05) is 12.1 Å². The molecule has 2 heterocycles. The molecule has 0 unspecified atom stereocenters. The predicted molar refractivity (Wildman–Crippen MR) is 67.1 cm³/mol. The van der Waals surface area contributed by atoms with Gasteiger partial charge < -0.3 is 10.3 Å². The van der Waals surface area contributed by atoms with Crippen molar-refractivity contribution in [3.63, 3.8) is 0 Å². The second-order valence-electron chi connectivity index (χ2n) is 3.67. The van der Waals surface area contributed by atoms with Crippen LogP contribution in [0.5, 0.6) is 0 Å². The summed E-state index contributed by atoms with van der Waals surface area (Å²) in [7, 11) is 0. The number of carbonyl (C=O) groups is 1. The summed E-state index contributed by atoms with van der Waals surface area (Å²) in [5, 5.41) is 4.03. The van der Waals surface area contributed by atoms with Crippen molar-refractivity contribution < 1.29 is 4.79 Å². The third-order valence-corrected chi connectivity index (χ3v) is 3.43. The van der Waals surface area contributed by atoms with Crippen molar-refractivity contribution in [2.75, 3.05) is 6.54 Å². The van der Waals surface area contributed by atoms with Gasteiger partial charge in [-0.25, -0.2) is 0 Å². The van der Waals surface area contributed by atoms with Crippen LogP contribution in [0.1, 0.15) is 16.1 Å². The number of hydrogen-bond donors (Lipinski definition) is 2. The van der Waals surface area contributed by atoms with E-state index in [1.54, 1.807) is 0 Å². The van der Waals surface area contributed by atoms with Gasteiger partial charge in [0.05, 0.1) is 0 Å². The Balaban J connectivity index is 2.36. The fourth-order valence-corrected chi connectivity index (χ4v) is 2.55. The number of hydrogen-bond acceptors (Lipinski definition) is 1. The Morgan fingerprint density at radius 2 is 2.20 bits per heavy atom. The standard InChI is InChI=1S/C11H9IN2O/c12-6-1-2-9-8(5-6)7-3-4-13-11(15)10(7)14-9/h1-2,5,14H,3-4H2,(H,13,15). The topological polar surface area (TPSA) is 44.9 Å². The first-order valence-electron chi connectivity index (χ1n) is 4.84. The van der Waals surface area contributed by atoms with Crippen LogP contribution in [0.2, 0.25) is 0 Å². The summed E-state index contributed by atoms with van der Waals surface area (Å²) in [6.45, 7) is 0.740. The van der Waals surface area contributed by atoms with Crippen molar-refractivity contribution in [1.82, 2.24) is 10.3 Å². The number of aromatic nitrogens is 1. The van der Waals surface area contributed by atoms with Crippen LogP contribution in [-0.2, 0) is 6.42 Å². The van der Waals surface area contributed by atoms with Crippen LogP contribution in [0, 0.1) is 3.57 Å². The molecule has 1 aliphatic rings. The Hall–Kier alpha value is -1.04. The summed E-state index contributed by atoms with van der Waals surface area (Å²) in [6.07, 6.45) is 0.918. The van der Waals surface area contributed by atoms with Crippen molar-refractivity contribution in [3.05, 3.63) is 33.0 Å². The monoisotopic (exact) mass is 312 g/mol. The number of amides is 1. The molecule has 4 heteroatoms. The smallest absolute Gasteiger partial charge is 0.268 e. The highest BCUT2D eigenvalue weighted by Crippen LogP contribution is 2.26. The molecule has 0 fully saturated rings. The van der Waals surface area contributed by atoms with Crippen molar-refractivity contribution in [2.45, 2.75) is 6.42 Å². The third-order valence-electron chi connectivity index (χ3n) is 2.76. The van der Waals surface area contributed by atoms with Gasteiger partial charge in [-0.2, -0.15) is 0 Å². The van der Waals surface area contributed by atoms with Gasteiger partial charge in [-0.05, 0) is 52.8 Å². The minimum absolute atomic E-state index is 0.0162. The van der Waals surface area contributed by atoms with Crippen molar-refractivity contribution >= 4 is 39.4 Å². The van der Waals surface area contributed by atoms with Crippen LogP contribution in [0.25, 0.3) is 10.9 Å². The molecule has 1 aliphatic heterocycles. The second kappa shape index (κ2) is 3.23.